The van der Waals surface area contributed by atoms with Gasteiger partial charge in [-0.1, -0.05) is 0 Å². The lowest BCUT2D eigenvalue weighted by Crippen LogP contribution is -2.27. The summed E-state index contributed by atoms with van der Waals surface area (Å²) in [6.07, 6.45) is 0. The van der Waals surface area contributed by atoms with Crippen LogP contribution in [0.2, 0.25) is 0 Å². The van der Waals surface area contributed by atoms with Crippen molar-refractivity contribution in [1.82, 2.24) is 19.6 Å². The van der Waals surface area contributed by atoms with Crippen molar-refractivity contribution in [1.29, 1.82) is 0 Å². The molecule has 0 unspecified atom stereocenters. The molecule has 1 aromatic carbocycles. The third-order valence-corrected chi connectivity index (χ3v) is 3.54. The lowest BCUT2D eigenvalue weighted by molar-refractivity contribution is -0.138. The van der Waals surface area contributed by atoms with Crippen LogP contribution in [0.1, 0.15) is 11.4 Å². The van der Waals surface area contributed by atoms with Gasteiger partial charge in [-0.3, -0.25) is 9.59 Å². The van der Waals surface area contributed by atoms with E-state index in [1.165, 1.54) is 16.8 Å². The molecule has 0 fully saturated rings. The van der Waals surface area contributed by atoms with Gasteiger partial charge in [0.1, 0.15) is 12.4 Å². The highest BCUT2D eigenvalue weighted by Crippen LogP contribution is 2.21. The summed E-state index contributed by atoms with van der Waals surface area (Å²) in [5.41, 5.74) is 1.35. The van der Waals surface area contributed by atoms with E-state index in [0.29, 0.717) is 22.5 Å². The predicted octanol–water partition coefficient (Wildman–Crippen LogP) is 1.42. The topological polar surface area (TPSA) is 90.0 Å². The van der Waals surface area contributed by atoms with Crippen molar-refractivity contribution < 1.29 is 14.3 Å². The van der Waals surface area contributed by atoms with Crippen molar-refractivity contribution in [3.05, 3.63) is 51.8 Å². The number of nitrogens with zero attached hydrogens (tertiary/aromatic N) is 4. The molecule has 1 N–H and O–H groups in total. The Kier molecular flexibility index (Phi) is 3.44. The molecule has 0 bridgehead atoms. The Morgan fingerprint density at radius 3 is 2.48 bits per heavy atom. The Morgan fingerprint density at radius 1 is 1.22 bits per heavy atom. The number of halogens is 1. The smallest absolute Gasteiger partial charge is 0.325 e. The molecule has 0 aliphatic rings. The zero-order valence-corrected chi connectivity index (χ0v) is 12.4. The van der Waals surface area contributed by atoms with Gasteiger partial charge in [0.05, 0.1) is 22.5 Å². The summed E-state index contributed by atoms with van der Waals surface area (Å²) in [4.78, 5) is 23.2. The number of carboxylic acids is 1. The number of rotatable bonds is 3. The molecule has 0 atom stereocenters. The van der Waals surface area contributed by atoms with Crippen molar-refractivity contribution in [3.63, 3.8) is 0 Å². The van der Waals surface area contributed by atoms with Crippen LogP contribution in [-0.4, -0.2) is 30.6 Å². The molecule has 2 aromatic heterocycles. The number of aromatic nitrogens is 4. The van der Waals surface area contributed by atoms with Crippen LogP contribution in [0.5, 0.6) is 0 Å². The number of hydrogen-bond acceptors (Lipinski definition) is 4. The zero-order valence-electron chi connectivity index (χ0n) is 12.4. The van der Waals surface area contributed by atoms with Gasteiger partial charge in [-0.15, -0.1) is 0 Å². The van der Waals surface area contributed by atoms with Gasteiger partial charge in [0.15, 0.2) is 5.52 Å². The predicted molar refractivity (Wildman–Crippen MR) is 80.2 cm³/mol. The van der Waals surface area contributed by atoms with Gasteiger partial charge in [-0.05, 0) is 38.1 Å². The van der Waals surface area contributed by atoms with Crippen LogP contribution in [0.15, 0.2) is 29.1 Å². The van der Waals surface area contributed by atoms with Gasteiger partial charge < -0.3 is 5.11 Å². The summed E-state index contributed by atoms with van der Waals surface area (Å²) in [7, 11) is 0. The number of aliphatic carboxylic acids is 1. The van der Waals surface area contributed by atoms with Crippen LogP contribution >= 0.6 is 0 Å². The molecular formula is C15H13FN4O3. The largest absolute Gasteiger partial charge is 0.480 e. The average molecular weight is 316 g/mol. The Morgan fingerprint density at radius 2 is 1.87 bits per heavy atom. The summed E-state index contributed by atoms with van der Waals surface area (Å²) in [5.74, 6) is -1.53. The van der Waals surface area contributed by atoms with E-state index in [0.717, 1.165) is 4.68 Å². The number of aryl methyl sites for hydroxylation is 2. The molecule has 0 aliphatic heterocycles. The van der Waals surface area contributed by atoms with E-state index in [1.54, 1.807) is 26.0 Å². The van der Waals surface area contributed by atoms with Crippen molar-refractivity contribution in [3.8, 4) is 5.69 Å². The second-order valence-corrected chi connectivity index (χ2v) is 5.14. The number of carboxylic acid groups (broad SMARTS) is 1. The molecule has 118 valence electrons. The number of fused-ring (bicyclic) bond motifs is 1. The molecular weight excluding hydrogens is 303 g/mol. The summed E-state index contributed by atoms with van der Waals surface area (Å²) < 4.78 is 15.5. The van der Waals surface area contributed by atoms with Gasteiger partial charge in [-0.25, -0.2) is 13.8 Å². The van der Waals surface area contributed by atoms with Crippen LogP contribution in [0, 0.1) is 19.7 Å². The van der Waals surface area contributed by atoms with E-state index in [9.17, 15) is 14.0 Å². The normalized spacial score (nSPS) is 11.1. The third-order valence-electron chi connectivity index (χ3n) is 3.54. The summed E-state index contributed by atoms with van der Waals surface area (Å²) >= 11 is 0. The van der Waals surface area contributed by atoms with Crippen LogP contribution < -0.4 is 5.56 Å². The van der Waals surface area contributed by atoms with Gasteiger partial charge in [0.25, 0.3) is 5.56 Å². The highest BCUT2D eigenvalue weighted by molar-refractivity contribution is 5.83. The summed E-state index contributed by atoms with van der Waals surface area (Å²) in [6, 6.07) is 5.70. The van der Waals surface area contributed by atoms with Crippen LogP contribution in [0.4, 0.5) is 4.39 Å². The average Bonchev–Trinajstić information content (AvgIpc) is 2.83. The van der Waals surface area contributed by atoms with E-state index >= 15 is 0 Å². The molecule has 2 heterocycles. The maximum Gasteiger partial charge on any atom is 0.325 e. The molecule has 23 heavy (non-hydrogen) atoms. The Labute approximate surface area is 129 Å². The SMILES string of the molecule is Cc1nn(CC(=O)O)c(=O)c2nn(-c3ccc(F)cc3)c(C)c12. The lowest BCUT2D eigenvalue weighted by Gasteiger charge is -2.04. The van der Waals surface area contributed by atoms with E-state index in [1.807, 2.05) is 0 Å². The number of hydrogen-bond donors (Lipinski definition) is 1. The first-order valence-corrected chi connectivity index (χ1v) is 6.83. The zero-order chi connectivity index (χ0) is 16.7. The van der Waals surface area contributed by atoms with Crippen LogP contribution in [-0.2, 0) is 11.3 Å². The minimum Gasteiger partial charge on any atom is -0.480 e. The number of carbonyl (C=O) groups is 1. The third kappa shape index (κ3) is 2.48. The quantitative estimate of drug-likeness (QED) is 0.789. The Bertz CT molecular complexity index is 973. The van der Waals surface area contributed by atoms with Crippen molar-refractivity contribution in [2.75, 3.05) is 0 Å². The molecule has 0 radical (unpaired) electrons. The maximum absolute atomic E-state index is 13.1. The van der Waals surface area contributed by atoms with Crippen molar-refractivity contribution >= 4 is 16.9 Å². The van der Waals surface area contributed by atoms with Crippen molar-refractivity contribution in [2.45, 2.75) is 20.4 Å². The molecule has 3 aromatic rings. The van der Waals surface area contributed by atoms with Crippen molar-refractivity contribution in [2.24, 2.45) is 0 Å². The van der Waals surface area contributed by atoms with E-state index in [2.05, 4.69) is 10.2 Å². The maximum atomic E-state index is 13.1. The minimum absolute atomic E-state index is 0.139. The minimum atomic E-state index is -1.16. The highest BCUT2D eigenvalue weighted by Gasteiger charge is 2.18. The second-order valence-electron chi connectivity index (χ2n) is 5.14. The van der Waals surface area contributed by atoms with E-state index in [-0.39, 0.29) is 11.3 Å². The molecule has 0 saturated heterocycles. The fourth-order valence-electron chi connectivity index (χ4n) is 2.55. The van der Waals surface area contributed by atoms with Crippen LogP contribution in [0.25, 0.3) is 16.6 Å². The van der Waals surface area contributed by atoms with E-state index in [4.69, 9.17) is 5.11 Å². The summed E-state index contributed by atoms with van der Waals surface area (Å²) in [6.45, 7) is 2.93. The molecule has 0 amide bonds. The molecule has 3 rings (SSSR count). The van der Waals surface area contributed by atoms with Gasteiger partial charge >= 0.3 is 5.97 Å². The fourth-order valence-corrected chi connectivity index (χ4v) is 2.55. The molecule has 0 spiro atoms. The van der Waals surface area contributed by atoms with Gasteiger partial charge in [-0.2, -0.15) is 10.2 Å². The standard InChI is InChI=1S/C15H13FN4O3/c1-8-13-9(2)20(11-5-3-10(16)4-6-11)18-14(13)15(23)19(17-8)7-12(21)22/h3-6H,7H2,1-2H3,(H,21,22). The van der Waals surface area contributed by atoms with Gasteiger partial charge in [0.2, 0.25) is 0 Å². The fraction of sp³-hybridized carbons (Fsp3) is 0.200. The Hall–Kier alpha value is -3.03. The molecule has 0 aliphatic carbocycles. The molecule has 7 nitrogen and oxygen atoms in total. The lowest BCUT2D eigenvalue weighted by atomic mass is 10.2. The second kappa shape index (κ2) is 5.31. The summed E-state index contributed by atoms with van der Waals surface area (Å²) in [5, 5.41) is 17.7. The first kappa shape index (κ1) is 14.9. The van der Waals surface area contributed by atoms with E-state index < -0.39 is 18.1 Å². The monoisotopic (exact) mass is 316 g/mol. The molecule has 0 saturated carbocycles. The highest BCUT2D eigenvalue weighted by atomic mass is 19.1. The first-order chi connectivity index (χ1) is 10.9. The van der Waals surface area contributed by atoms with Gasteiger partial charge in [0, 0.05) is 0 Å². The molecule has 8 heteroatoms. The van der Waals surface area contributed by atoms with Crippen LogP contribution in [0.3, 0.4) is 0 Å². The number of benzene rings is 1. The Balaban J connectivity index is 2.27. The first-order valence-electron chi connectivity index (χ1n) is 6.83.